The highest BCUT2D eigenvalue weighted by Gasteiger charge is 2.08. The minimum atomic E-state index is -0.239. The highest BCUT2D eigenvalue weighted by molar-refractivity contribution is 5.94. The van der Waals surface area contributed by atoms with Crippen molar-refractivity contribution in [2.75, 3.05) is 5.32 Å². The van der Waals surface area contributed by atoms with Gasteiger partial charge in [0.2, 0.25) is 11.8 Å². The number of amides is 2. The quantitative estimate of drug-likeness (QED) is 0.567. The molecule has 0 aliphatic carbocycles. The van der Waals surface area contributed by atoms with E-state index >= 15 is 0 Å². The minimum absolute atomic E-state index is 0.126. The van der Waals surface area contributed by atoms with Gasteiger partial charge in [0, 0.05) is 24.2 Å². The maximum Gasteiger partial charge on any atom is 0.240 e. The Balaban J connectivity index is 2.36. The van der Waals surface area contributed by atoms with Crippen molar-refractivity contribution in [3.8, 4) is 0 Å². The monoisotopic (exact) mass is 317 g/mol. The molecule has 0 fully saturated rings. The highest BCUT2D eigenvalue weighted by atomic mass is 16.2. The Bertz CT molecular complexity index is 580. The van der Waals surface area contributed by atoms with Crippen LogP contribution in [-0.4, -0.2) is 17.5 Å². The number of benzene rings is 1. The van der Waals surface area contributed by atoms with Crippen molar-refractivity contribution in [1.82, 2.24) is 5.43 Å². The van der Waals surface area contributed by atoms with Crippen LogP contribution in [-0.2, 0) is 9.59 Å². The van der Waals surface area contributed by atoms with E-state index in [1.54, 1.807) is 0 Å². The Morgan fingerprint density at radius 3 is 2.43 bits per heavy atom. The summed E-state index contributed by atoms with van der Waals surface area (Å²) in [4.78, 5) is 23.6. The minimum Gasteiger partial charge on any atom is -0.326 e. The number of hydrogen-bond acceptors (Lipinski definition) is 3. The van der Waals surface area contributed by atoms with Gasteiger partial charge in [-0.15, -0.1) is 0 Å². The first-order valence-electron chi connectivity index (χ1n) is 8.11. The molecule has 2 N–H and O–H groups in total. The van der Waals surface area contributed by atoms with Crippen LogP contribution < -0.4 is 10.7 Å². The molecule has 2 amide bonds. The van der Waals surface area contributed by atoms with Crippen molar-refractivity contribution >= 4 is 23.2 Å². The molecule has 0 atom stereocenters. The van der Waals surface area contributed by atoms with Crippen LogP contribution in [0.15, 0.2) is 23.3 Å². The molecule has 126 valence electrons. The molecule has 0 saturated carbocycles. The van der Waals surface area contributed by atoms with Crippen molar-refractivity contribution < 1.29 is 9.59 Å². The van der Waals surface area contributed by atoms with Crippen LogP contribution >= 0.6 is 0 Å². The third kappa shape index (κ3) is 7.58. The van der Waals surface area contributed by atoms with Gasteiger partial charge in [0.1, 0.15) is 0 Å². The van der Waals surface area contributed by atoms with E-state index in [2.05, 4.69) is 22.8 Å². The standard InChI is InChI=1S/C18H27N3O2/c1-5-6-7-15(4)20-21-18(23)11-10-17(22)19-16-9-8-13(2)12-14(16)3/h8-9,12H,5-7,10-11H2,1-4H3,(H,19,22)(H,21,23). The number of carbonyl (C=O) groups is 2. The van der Waals surface area contributed by atoms with Crippen molar-refractivity contribution in [1.29, 1.82) is 0 Å². The van der Waals surface area contributed by atoms with Crippen LogP contribution in [0.5, 0.6) is 0 Å². The zero-order valence-corrected chi connectivity index (χ0v) is 14.5. The van der Waals surface area contributed by atoms with Crippen LogP contribution in [0.1, 0.15) is 57.1 Å². The summed E-state index contributed by atoms with van der Waals surface area (Å²) in [6.45, 7) is 7.96. The van der Waals surface area contributed by atoms with E-state index in [0.29, 0.717) is 0 Å². The van der Waals surface area contributed by atoms with Crippen LogP contribution in [0.2, 0.25) is 0 Å². The summed E-state index contributed by atoms with van der Waals surface area (Å²) in [5.41, 5.74) is 6.35. The summed E-state index contributed by atoms with van der Waals surface area (Å²) in [6.07, 6.45) is 3.30. The lowest BCUT2D eigenvalue weighted by Crippen LogP contribution is -2.21. The molecule has 1 aromatic carbocycles. The molecule has 0 heterocycles. The third-order valence-corrected chi connectivity index (χ3v) is 3.50. The normalized spacial score (nSPS) is 11.2. The third-order valence-electron chi connectivity index (χ3n) is 3.50. The number of anilines is 1. The van der Waals surface area contributed by atoms with E-state index < -0.39 is 0 Å². The van der Waals surface area contributed by atoms with Crippen molar-refractivity contribution in [2.45, 2.75) is 59.8 Å². The Morgan fingerprint density at radius 1 is 1.09 bits per heavy atom. The Morgan fingerprint density at radius 2 is 1.78 bits per heavy atom. The molecule has 23 heavy (non-hydrogen) atoms. The number of hydrogen-bond donors (Lipinski definition) is 2. The van der Waals surface area contributed by atoms with E-state index in [1.807, 2.05) is 39.0 Å². The molecular formula is C18H27N3O2. The maximum absolute atomic E-state index is 11.9. The van der Waals surface area contributed by atoms with E-state index in [4.69, 9.17) is 0 Å². The van der Waals surface area contributed by atoms with Crippen LogP contribution in [0.4, 0.5) is 5.69 Å². The van der Waals surface area contributed by atoms with Crippen molar-refractivity contribution in [2.24, 2.45) is 5.10 Å². The van der Waals surface area contributed by atoms with Gasteiger partial charge in [0.05, 0.1) is 0 Å². The lowest BCUT2D eigenvalue weighted by molar-refractivity contribution is -0.124. The Kier molecular flexibility index (Phi) is 8.02. The average molecular weight is 317 g/mol. The lowest BCUT2D eigenvalue weighted by atomic mass is 10.1. The van der Waals surface area contributed by atoms with Gasteiger partial charge < -0.3 is 5.32 Å². The first kappa shape index (κ1) is 18.9. The van der Waals surface area contributed by atoms with E-state index in [9.17, 15) is 9.59 Å². The summed E-state index contributed by atoms with van der Waals surface area (Å²) in [5, 5.41) is 6.86. The van der Waals surface area contributed by atoms with Gasteiger partial charge in [-0.3, -0.25) is 9.59 Å². The second kappa shape index (κ2) is 9.77. The zero-order valence-electron chi connectivity index (χ0n) is 14.5. The summed E-state index contributed by atoms with van der Waals surface area (Å²) in [7, 11) is 0. The molecule has 0 radical (unpaired) electrons. The van der Waals surface area contributed by atoms with Crippen LogP contribution in [0, 0.1) is 13.8 Å². The molecular weight excluding hydrogens is 290 g/mol. The van der Waals surface area contributed by atoms with Crippen molar-refractivity contribution in [3.05, 3.63) is 29.3 Å². The number of unbranched alkanes of at least 4 members (excludes halogenated alkanes) is 1. The largest absolute Gasteiger partial charge is 0.326 e. The molecule has 5 nitrogen and oxygen atoms in total. The molecule has 0 spiro atoms. The first-order chi connectivity index (χ1) is 10.9. The summed E-state index contributed by atoms with van der Waals surface area (Å²) in [6, 6.07) is 5.84. The summed E-state index contributed by atoms with van der Waals surface area (Å²) in [5.74, 6) is -0.407. The van der Waals surface area contributed by atoms with Gasteiger partial charge in [0.15, 0.2) is 0 Å². The second-order valence-electron chi connectivity index (χ2n) is 5.85. The predicted octanol–water partition coefficient (Wildman–Crippen LogP) is 3.70. The fourth-order valence-electron chi connectivity index (χ4n) is 2.10. The molecule has 0 aliphatic rings. The molecule has 0 bridgehead atoms. The number of aryl methyl sites for hydroxylation is 2. The number of nitrogens with one attached hydrogen (secondary N) is 2. The number of rotatable bonds is 8. The highest BCUT2D eigenvalue weighted by Crippen LogP contribution is 2.16. The van der Waals surface area contributed by atoms with Gasteiger partial charge in [-0.05, 0) is 45.2 Å². The molecule has 1 aromatic rings. The van der Waals surface area contributed by atoms with Crippen LogP contribution in [0.25, 0.3) is 0 Å². The van der Waals surface area contributed by atoms with Gasteiger partial charge in [0.25, 0.3) is 0 Å². The van der Waals surface area contributed by atoms with Gasteiger partial charge in [-0.25, -0.2) is 5.43 Å². The molecule has 0 unspecified atom stereocenters. The SMILES string of the molecule is CCCCC(C)=NNC(=O)CCC(=O)Nc1ccc(C)cc1C. The van der Waals surface area contributed by atoms with Gasteiger partial charge in [-0.2, -0.15) is 5.10 Å². The molecule has 0 saturated heterocycles. The number of hydrazone groups is 1. The number of nitrogens with zero attached hydrogens (tertiary/aromatic N) is 1. The molecule has 0 aromatic heterocycles. The van der Waals surface area contributed by atoms with Crippen LogP contribution in [0.3, 0.4) is 0 Å². The predicted molar refractivity (Wildman–Crippen MR) is 94.6 cm³/mol. The van der Waals surface area contributed by atoms with E-state index in [1.165, 1.54) is 0 Å². The Hall–Kier alpha value is -2.17. The zero-order chi connectivity index (χ0) is 17.2. The topological polar surface area (TPSA) is 70.6 Å². The lowest BCUT2D eigenvalue weighted by Gasteiger charge is -2.09. The van der Waals surface area contributed by atoms with E-state index in [-0.39, 0.29) is 24.7 Å². The first-order valence-corrected chi connectivity index (χ1v) is 8.11. The fourth-order valence-corrected chi connectivity index (χ4v) is 2.10. The summed E-state index contributed by atoms with van der Waals surface area (Å²) < 4.78 is 0. The van der Waals surface area contributed by atoms with Gasteiger partial charge >= 0.3 is 0 Å². The molecule has 0 aliphatic heterocycles. The molecule has 1 rings (SSSR count). The van der Waals surface area contributed by atoms with Crippen molar-refractivity contribution in [3.63, 3.8) is 0 Å². The van der Waals surface area contributed by atoms with E-state index in [0.717, 1.165) is 41.8 Å². The second-order valence-corrected chi connectivity index (χ2v) is 5.85. The number of carbonyl (C=O) groups excluding carboxylic acids is 2. The molecule has 5 heteroatoms. The average Bonchev–Trinajstić information content (AvgIpc) is 2.51. The maximum atomic E-state index is 11.9. The smallest absolute Gasteiger partial charge is 0.240 e. The summed E-state index contributed by atoms with van der Waals surface area (Å²) >= 11 is 0. The Labute approximate surface area is 138 Å². The van der Waals surface area contributed by atoms with Gasteiger partial charge in [-0.1, -0.05) is 31.0 Å². The fraction of sp³-hybridized carbons (Fsp3) is 0.500.